The minimum absolute atomic E-state index is 0.207. The quantitative estimate of drug-likeness (QED) is 0.598. The van der Waals surface area contributed by atoms with Crippen LogP contribution in [0.25, 0.3) is 0 Å². The molecule has 88 valence electrons. The molecule has 1 aromatic rings. The van der Waals surface area contributed by atoms with Crippen molar-refractivity contribution in [1.82, 2.24) is 4.90 Å². The lowest BCUT2D eigenvalue weighted by Crippen LogP contribution is -2.46. The zero-order valence-corrected chi connectivity index (χ0v) is 10.3. The van der Waals surface area contributed by atoms with E-state index in [1.54, 1.807) is 6.08 Å². The number of hydrogen-bond donors (Lipinski definition) is 0. The Labute approximate surface area is 109 Å². The summed E-state index contributed by atoms with van der Waals surface area (Å²) in [4.78, 5) is 22.3. The third kappa shape index (κ3) is 1.44. The highest BCUT2D eigenvalue weighted by molar-refractivity contribution is 7.80. The molecule has 2 aliphatic rings. The van der Waals surface area contributed by atoms with Gasteiger partial charge in [0.15, 0.2) is 5.71 Å². The summed E-state index contributed by atoms with van der Waals surface area (Å²) < 4.78 is 0. The molecular weight excluding hydrogens is 246 g/mol. The van der Waals surface area contributed by atoms with Crippen molar-refractivity contribution < 1.29 is 4.79 Å². The Morgan fingerprint density at radius 1 is 1.28 bits per heavy atom. The Hall–Kier alpha value is -2.14. The fraction of sp³-hybridized carbons (Fsp3) is 0.0769. The SMILES string of the molecule is C=CCN1C(=O)C2=Nc3ccccc3C2=NC1=S. The van der Waals surface area contributed by atoms with Crippen LogP contribution in [0.4, 0.5) is 5.69 Å². The van der Waals surface area contributed by atoms with Gasteiger partial charge < -0.3 is 0 Å². The topological polar surface area (TPSA) is 45.0 Å². The highest BCUT2D eigenvalue weighted by Gasteiger charge is 2.36. The highest BCUT2D eigenvalue weighted by atomic mass is 32.1. The third-order valence-corrected chi connectivity index (χ3v) is 3.13. The van der Waals surface area contributed by atoms with Crippen LogP contribution in [0, 0.1) is 0 Å². The zero-order valence-electron chi connectivity index (χ0n) is 9.46. The van der Waals surface area contributed by atoms with Crippen molar-refractivity contribution >= 4 is 40.3 Å². The van der Waals surface area contributed by atoms with Crippen LogP contribution in [0.1, 0.15) is 5.56 Å². The molecule has 0 spiro atoms. The number of para-hydroxylation sites is 1. The largest absolute Gasteiger partial charge is 0.281 e. The van der Waals surface area contributed by atoms with Crippen molar-refractivity contribution in [1.29, 1.82) is 0 Å². The van der Waals surface area contributed by atoms with E-state index in [1.165, 1.54) is 4.90 Å². The minimum atomic E-state index is -0.207. The first kappa shape index (κ1) is 11.0. The molecule has 0 atom stereocenters. The molecule has 1 amide bonds. The van der Waals surface area contributed by atoms with Gasteiger partial charge in [-0.25, -0.2) is 9.98 Å². The van der Waals surface area contributed by atoms with Gasteiger partial charge in [0.2, 0.25) is 5.11 Å². The van der Waals surface area contributed by atoms with E-state index in [1.807, 2.05) is 24.3 Å². The van der Waals surface area contributed by atoms with Crippen molar-refractivity contribution in [3.8, 4) is 0 Å². The lowest BCUT2D eigenvalue weighted by atomic mass is 10.1. The Balaban J connectivity index is 2.14. The number of thiocarbonyl (C=S) groups is 1. The van der Waals surface area contributed by atoms with Crippen molar-refractivity contribution in [3.63, 3.8) is 0 Å². The van der Waals surface area contributed by atoms with Crippen LogP contribution in [-0.4, -0.2) is 33.9 Å². The number of aliphatic imine (C=N–C) groups is 2. The van der Waals surface area contributed by atoms with Crippen LogP contribution in [0.5, 0.6) is 0 Å². The molecule has 2 aliphatic heterocycles. The number of rotatable bonds is 2. The zero-order chi connectivity index (χ0) is 12.7. The number of hydrogen-bond acceptors (Lipinski definition) is 3. The van der Waals surface area contributed by atoms with Crippen molar-refractivity contribution in [2.75, 3.05) is 6.54 Å². The summed E-state index contributed by atoms with van der Waals surface area (Å²) in [6.45, 7) is 3.96. The number of nitrogens with zero attached hydrogens (tertiary/aromatic N) is 3. The predicted octanol–water partition coefficient (Wildman–Crippen LogP) is 1.87. The van der Waals surface area contributed by atoms with Crippen molar-refractivity contribution in [2.24, 2.45) is 9.98 Å². The molecule has 1 aromatic carbocycles. The highest BCUT2D eigenvalue weighted by Crippen LogP contribution is 2.29. The van der Waals surface area contributed by atoms with E-state index in [2.05, 4.69) is 16.6 Å². The van der Waals surface area contributed by atoms with Gasteiger partial charge in [0.05, 0.1) is 5.69 Å². The second-order valence-electron chi connectivity index (χ2n) is 3.92. The lowest BCUT2D eigenvalue weighted by Gasteiger charge is -2.23. The average Bonchev–Trinajstić information content (AvgIpc) is 2.74. The van der Waals surface area contributed by atoms with Gasteiger partial charge in [0.25, 0.3) is 5.91 Å². The van der Waals surface area contributed by atoms with Gasteiger partial charge >= 0.3 is 0 Å². The van der Waals surface area contributed by atoms with Gasteiger partial charge in [-0.05, 0) is 18.3 Å². The monoisotopic (exact) mass is 255 g/mol. The van der Waals surface area contributed by atoms with Gasteiger partial charge in [0, 0.05) is 12.1 Å². The van der Waals surface area contributed by atoms with Gasteiger partial charge in [-0.15, -0.1) is 6.58 Å². The van der Waals surface area contributed by atoms with E-state index in [4.69, 9.17) is 12.2 Å². The maximum absolute atomic E-state index is 12.3. The maximum Gasteiger partial charge on any atom is 0.281 e. The molecule has 0 bridgehead atoms. The molecule has 0 saturated carbocycles. The van der Waals surface area contributed by atoms with E-state index >= 15 is 0 Å². The Morgan fingerprint density at radius 3 is 2.83 bits per heavy atom. The van der Waals surface area contributed by atoms with Crippen LogP contribution in [0.15, 0.2) is 46.9 Å². The number of benzene rings is 1. The molecule has 5 heteroatoms. The third-order valence-electron chi connectivity index (χ3n) is 2.81. The Morgan fingerprint density at radius 2 is 2.06 bits per heavy atom. The maximum atomic E-state index is 12.3. The van der Waals surface area contributed by atoms with Crippen LogP contribution >= 0.6 is 12.2 Å². The molecule has 3 rings (SSSR count). The van der Waals surface area contributed by atoms with E-state index in [-0.39, 0.29) is 11.0 Å². The van der Waals surface area contributed by atoms with Crippen LogP contribution < -0.4 is 0 Å². The number of amides is 1. The molecular formula is C13H9N3OS. The molecule has 0 unspecified atom stereocenters. The van der Waals surface area contributed by atoms with Crippen LogP contribution in [0.2, 0.25) is 0 Å². The molecule has 4 nitrogen and oxygen atoms in total. The fourth-order valence-electron chi connectivity index (χ4n) is 2.00. The first-order valence-corrected chi connectivity index (χ1v) is 5.87. The normalized spacial score (nSPS) is 17.0. The fourth-order valence-corrected chi connectivity index (χ4v) is 2.24. The van der Waals surface area contributed by atoms with Crippen LogP contribution in [-0.2, 0) is 4.79 Å². The second-order valence-corrected chi connectivity index (χ2v) is 4.29. The standard InChI is InChI=1S/C13H9N3OS/c1-2-7-16-12(17)11-10(15-13(16)18)8-5-3-4-6-9(8)14-11/h2-6H,1,7H2. The van der Waals surface area contributed by atoms with Gasteiger partial charge in [-0.2, -0.15) is 0 Å². The summed E-state index contributed by atoms with van der Waals surface area (Å²) in [5, 5.41) is 0.269. The van der Waals surface area contributed by atoms with Crippen molar-refractivity contribution in [3.05, 3.63) is 42.5 Å². The summed E-state index contributed by atoms with van der Waals surface area (Å²) in [7, 11) is 0. The smallest absolute Gasteiger partial charge is 0.278 e. The second kappa shape index (κ2) is 3.96. The predicted molar refractivity (Wildman–Crippen MR) is 74.6 cm³/mol. The number of carbonyl (C=O) groups is 1. The lowest BCUT2D eigenvalue weighted by molar-refractivity contribution is -0.120. The van der Waals surface area contributed by atoms with E-state index < -0.39 is 0 Å². The summed E-state index contributed by atoms with van der Waals surface area (Å²) in [5.74, 6) is -0.207. The molecule has 0 fully saturated rings. The van der Waals surface area contributed by atoms with E-state index in [9.17, 15) is 4.79 Å². The molecule has 2 heterocycles. The number of carbonyl (C=O) groups excluding carboxylic acids is 1. The first-order chi connectivity index (χ1) is 8.72. The summed E-state index contributed by atoms with van der Waals surface area (Å²) in [6, 6.07) is 7.52. The minimum Gasteiger partial charge on any atom is -0.278 e. The van der Waals surface area contributed by atoms with Gasteiger partial charge in [-0.1, -0.05) is 24.3 Å². The van der Waals surface area contributed by atoms with Gasteiger partial charge in [0.1, 0.15) is 5.71 Å². The van der Waals surface area contributed by atoms with E-state index in [0.717, 1.165) is 11.3 Å². The molecule has 0 aliphatic carbocycles. The number of fused-ring (bicyclic) bond motifs is 3. The van der Waals surface area contributed by atoms with Crippen molar-refractivity contribution in [2.45, 2.75) is 0 Å². The molecule has 0 radical (unpaired) electrons. The first-order valence-electron chi connectivity index (χ1n) is 5.46. The molecule has 18 heavy (non-hydrogen) atoms. The molecule has 0 N–H and O–H groups in total. The molecule has 0 saturated heterocycles. The molecule has 0 aromatic heterocycles. The summed E-state index contributed by atoms with van der Waals surface area (Å²) in [5.41, 5.74) is 2.58. The van der Waals surface area contributed by atoms with E-state index in [0.29, 0.717) is 18.0 Å². The van der Waals surface area contributed by atoms with Crippen LogP contribution in [0.3, 0.4) is 0 Å². The summed E-state index contributed by atoms with van der Waals surface area (Å²) >= 11 is 5.14. The Bertz CT molecular complexity index is 645. The average molecular weight is 255 g/mol. The van der Waals surface area contributed by atoms with Gasteiger partial charge in [-0.3, -0.25) is 9.69 Å². The Kier molecular flexibility index (Phi) is 2.41. The summed E-state index contributed by atoms with van der Waals surface area (Å²) in [6.07, 6.45) is 1.62.